The molecule has 1 aromatic heterocycles. The zero-order valence-electron chi connectivity index (χ0n) is 8.52. The van der Waals surface area contributed by atoms with E-state index in [1.54, 1.807) is 6.07 Å². The number of nitrogens with zero attached hydrogens (tertiary/aromatic N) is 2. The number of hydrogen-bond donors (Lipinski definition) is 1. The van der Waals surface area contributed by atoms with Gasteiger partial charge in [-0.25, -0.2) is 9.78 Å². The van der Waals surface area contributed by atoms with E-state index in [9.17, 15) is 4.79 Å². The van der Waals surface area contributed by atoms with E-state index >= 15 is 0 Å². The van der Waals surface area contributed by atoms with Crippen LogP contribution in [0.1, 0.15) is 10.4 Å². The molecule has 2 rings (SSSR count). The largest absolute Gasteiger partial charge is 0.478 e. The molecular formula is C10H11BrN2O2S. The Morgan fingerprint density at radius 3 is 2.75 bits per heavy atom. The Morgan fingerprint density at radius 1 is 1.44 bits per heavy atom. The number of aromatic carboxylic acids is 1. The molecule has 6 heteroatoms. The zero-order valence-corrected chi connectivity index (χ0v) is 10.9. The van der Waals surface area contributed by atoms with Crippen LogP contribution in [0.3, 0.4) is 0 Å². The molecular weight excluding hydrogens is 292 g/mol. The molecule has 0 radical (unpaired) electrons. The summed E-state index contributed by atoms with van der Waals surface area (Å²) in [5.41, 5.74) is 0.273. The van der Waals surface area contributed by atoms with E-state index in [1.165, 1.54) is 6.07 Å². The number of aromatic nitrogens is 1. The van der Waals surface area contributed by atoms with Gasteiger partial charge in [0.25, 0.3) is 0 Å². The lowest BCUT2D eigenvalue weighted by molar-refractivity contribution is 0.0696. The van der Waals surface area contributed by atoms with Crippen LogP contribution in [-0.4, -0.2) is 40.7 Å². The summed E-state index contributed by atoms with van der Waals surface area (Å²) in [5, 5.41) is 8.96. The number of anilines is 1. The molecule has 0 bridgehead atoms. The van der Waals surface area contributed by atoms with Crippen LogP contribution in [0.2, 0.25) is 0 Å². The summed E-state index contributed by atoms with van der Waals surface area (Å²) < 4.78 is 0.570. The molecule has 0 saturated carbocycles. The van der Waals surface area contributed by atoms with E-state index in [4.69, 9.17) is 5.11 Å². The molecule has 0 spiro atoms. The minimum absolute atomic E-state index is 0.273. The van der Waals surface area contributed by atoms with Gasteiger partial charge < -0.3 is 10.0 Å². The molecule has 4 nitrogen and oxygen atoms in total. The second-order valence-electron chi connectivity index (χ2n) is 3.44. The predicted octanol–water partition coefficient (Wildman–Crippen LogP) is 2.10. The second-order valence-corrected chi connectivity index (χ2v) is 5.48. The first-order valence-corrected chi connectivity index (χ1v) is 6.85. The van der Waals surface area contributed by atoms with E-state index in [2.05, 4.69) is 25.8 Å². The summed E-state index contributed by atoms with van der Waals surface area (Å²) in [6.45, 7) is 1.85. The van der Waals surface area contributed by atoms with Crippen molar-refractivity contribution in [2.75, 3.05) is 29.5 Å². The Bertz CT molecular complexity index is 408. The van der Waals surface area contributed by atoms with Crippen LogP contribution in [0.5, 0.6) is 0 Å². The Labute approximate surface area is 106 Å². The summed E-state index contributed by atoms with van der Waals surface area (Å²) >= 11 is 5.15. The van der Waals surface area contributed by atoms with E-state index < -0.39 is 5.97 Å². The quantitative estimate of drug-likeness (QED) is 0.848. The molecule has 86 valence electrons. The van der Waals surface area contributed by atoms with Gasteiger partial charge in [-0.15, -0.1) is 0 Å². The summed E-state index contributed by atoms with van der Waals surface area (Å²) in [7, 11) is 0. The van der Waals surface area contributed by atoms with Crippen molar-refractivity contribution >= 4 is 39.5 Å². The van der Waals surface area contributed by atoms with Gasteiger partial charge in [0.05, 0.1) is 5.56 Å². The normalized spacial score (nSPS) is 16.2. The van der Waals surface area contributed by atoms with E-state index in [-0.39, 0.29) is 5.56 Å². The molecule has 2 heterocycles. The summed E-state index contributed by atoms with van der Waals surface area (Å²) in [6.07, 6.45) is 0. The Balaban J connectivity index is 2.28. The number of carbonyl (C=O) groups is 1. The number of carboxylic acids is 1. The monoisotopic (exact) mass is 302 g/mol. The minimum Gasteiger partial charge on any atom is -0.478 e. The smallest absolute Gasteiger partial charge is 0.335 e. The average Bonchev–Trinajstić information content (AvgIpc) is 2.29. The number of halogens is 1. The van der Waals surface area contributed by atoms with Gasteiger partial charge >= 0.3 is 5.97 Å². The van der Waals surface area contributed by atoms with Crippen LogP contribution < -0.4 is 4.90 Å². The molecule has 1 aliphatic heterocycles. The summed E-state index contributed by atoms with van der Waals surface area (Å²) in [5.74, 6) is 1.95. The minimum atomic E-state index is -0.921. The Hall–Kier alpha value is -0.750. The molecule has 0 atom stereocenters. The topological polar surface area (TPSA) is 53.4 Å². The molecule has 0 aliphatic carbocycles. The maximum absolute atomic E-state index is 10.9. The van der Waals surface area contributed by atoms with Crippen molar-refractivity contribution in [3.63, 3.8) is 0 Å². The van der Waals surface area contributed by atoms with Gasteiger partial charge in [-0.05, 0) is 28.1 Å². The maximum atomic E-state index is 10.9. The molecule has 0 unspecified atom stereocenters. The first kappa shape index (κ1) is 11.7. The zero-order chi connectivity index (χ0) is 11.5. The number of hydrogen-bond acceptors (Lipinski definition) is 4. The molecule has 1 saturated heterocycles. The SMILES string of the molecule is O=C(O)c1cc(Br)nc(N2CCSCC2)c1. The molecule has 0 amide bonds. The van der Waals surface area contributed by atoms with Crippen LogP contribution in [0.25, 0.3) is 0 Å². The van der Waals surface area contributed by atoms with Crippen LogP contribution in [0.15, 0.2) is 16.7 Å². The van der Waals surface area contributed by atoms with Gasteiger partial charge in [0.2, 0.25) is 0 Å². The Morgan fingerprint density at radius 2 is 2.12 bits per heavy atom. The summed E-state index contributed by atoms with van der Waals surface area (Å²) in [6, 6.07) is 3.15. The van der Waals surface area contributed by atoms with Gasteiger partial charge in [-0.2, -0.15) is 11.8 Å². The van der Waals surface area contributed by atoms with E-state index in [1.807, 2.05) is 11.8 Å². The fourth-order valence-corrected chi connectivity index (χ4v) is 2.89. The first-order chi connectivity index (χ1) is 7.66. The highest BCUT2D eigenvalue weighted by Crippen LogP contribution is 2.21. The van der Waals surface area contributed by atoms with Crippen molar-refractivity contribution in [3.05, 3.63) is 22.3 Å². The van der Waals surface area contributed by atoms with Gasteiger partial charge in [-0.3, -0.25) is 0 Å². The highest BCUT2D eigenvalue weighted by molar-refractivity contribution is 9.10. The van der Waals surface area contributed by atoms with Crippen molar-refractivity contribution in [1.29, 1.82) is 0 Å². The third kappa shape index (κ3) is 2.68. The average molecular weight is 303 g/mol. The van der Waals surface area contributed by atoms with Crippen molar-refractivity contribution in [2.24, 2.45) is 0 Å². The van der Waals surface area contributed by atoms with E-state index in [0.717, 1.165) is 30.4 Å². The molecule has 1 fully saturated rings. The maximum Gasteiger partial charge on any atom is 0.335 e. The number of rotatable bonds is 2. The van der Waals surface area contributed by atoms with E-state index in [0.29, 0.717) is 4.60 Å². The van der Waals surface area contributed by atoms with Gasteiger partial charge in [-0.1, -0.05) is 0 Å². The van der Waals surface area contributed by atoms with Crippen LogP contribution in [-0.2, 0) is 0 Å². The van der Waals surface area contributed by atoms with Crippen molar-refractivity contribution in [3.8, 4) is 0 Å². The van der Waals surface area contributed by atoms with Crippen molar-refractivity contribution < 1.29 is 9.90 Å². The van der Waals surface area contributed by atoms with Gasteiger partial charge in [0.15, 0.2) is 0 Å². The number of thioether (sulfide) groups is 1. The Kier molecular flexibility index (Phi) is 3.70. The second kappa shape index (κ2) is 5.05. The van der Waals surface area contributed by atoms with Crippen molar-refractivity contribution in [1.82, 2.24) is 4.98 Å². The first-order valence-electron chi connectivity index (χ1n) is 4.90. The van der Waals surface area contributed by atoms with Crippen molar-refractivity contribution in [2.45, 2.75) is 0 Å². The fourth-order valence-electron chi connectivity index (χ4n) is 1.56. The molecule has 0 aromatic carbocycles. The standard InChI is InChI=1S/C10H11BrN2O2S/c11-8-5-7(10(14)15)6-9(12-8)13-1-3-16-4-2-13/h5-6H,1-4H2,(H,14,15). The highest BCUT2D eigenvalue weighted by atomic mass is 79.9. The fraction of sp³-hybridized carbons (Fsp3) is 0.400. The lowest BCUT2D eigenvalue weighted by Crippen LogP contribution is -2.33. The predicted molar refractivity (Wildman–Crippen MR) is 68.4 cm³/mol. The lowest BCUT2D eigenvalue weighted by Gasteiger charge is -2.27. The third-order valence-corrected chi connectivity index (χ3v) is 3.71. The van der Waals surface area contributed by atoms with Crippen LogP contribution in [0, 0.1) is 0 Å². The highest BCUT2D eigenvalue weighted by Gasteiger charge is 2.15. The van der Waals surface area contributed by atoms with Crippen LogP contribution in [0.4, 0.5) is 5.82 Å². The van der Waals surface area contributed by atoms with Crippen LogP contribution >= 0.6 is 27.7 Å². The van der Waals surface area contributed by atoms with Gasteiger partial charge in [0.1, 0.15) is 10.4 Å². The lowest BCUT2D eigenvalue weighted by atomic mass is 10.2. The number of carboxylic acid groups (broad SMARTS) is 1. The number of pyridine rings is 1. The molecule has 1 aliphatic rings. The molecule has 1 aromatic rings. The summed E-state index contributed by atoms with van der Waals surface area (Å²) in [4.78, 5) is 17.3. The van der Waals surface area contributed by atoms with Gasteiger partial charge in [0, 0.05) is 24.6 Å². The molecule has 1 N–H and O–H groups in total. The molecule has 16 heavy (non-hydrogen) atoms. The third-order valence-electron chi connectivity index (χ3n) is 2.36.